The van der Waals surface area contributed by atoms with E-state index in [1.807, 2.05) is 0 Å². The molecule has 110 valence electrons. The fourth-order valence-electron chi connectivity index (χ4n) is 2.18. The van der Waals surface area contributed by atoms with Gasteiger partial charge in [-0.2, -0.15) is 14.4 Å². The van der Waals surface area contributed by atoms with Gasteiger partial charge in [-0.25, -0.2) is 4.79 Å². The smallest absolute Gasteiger partial charge is 0.348 e. The summed E-state index contributed by atoms with van der Waals surface area (Å²) < 4.78 is 28.6. The van der Waals surface area contributed by atoms with Crippen molar-refractivity contribution in [2.75, 3.05) is 14.2 Å². The Morgan fingerprint density at radius 1 is 1.20 bits per heavy atom. The number of carbonyl (C=O) groups is 1. The topological polar surface area (TPSA) is 90.8 Å². The Hall–Kier alpha value is -2.12. The van der Waals surface area contributed by atoms with Crippen LogP contribution in [-0.2, 0) is 4.79 Å². The highest BCUT2D eigenvalue weighted by atomic mass is 19.1. The highest BCUT2D eigenvalue weighted by Crippen LogP contribution is 2.35. The summed E-state index contributed by atoms with van der Waals surface area (Å²) in [7, 11) is 2.47. The number of aromatic nitrogens is 2. The SMILES string of the molecule is COc1nc(OC2(C(=O)O)CCCC2)nc(OC)c1F. The quantitative estimate of drug-likeness (QED) is 0.875. The number of carboxylic acids is 1. The van der Waals surface area contributed by atoms with Crippen molar-refractivity contribution in [2.45, 2.75) is 31.3 Å². The van der Waals surface area contributed by atoms with Crippen LogP contribution in [0.4, 0.5) is 4.39 Å². The maximum atomic E-state index is 13.7. The lowest BCUT2D eigenvalue weighted by Gasteiger charge is -2.24. The third-order valence-electron chi connectivity index (χ3n) is 3.24. The number of halogens is 1. The molecule has 8 heteroatoms. The van der Waals surface area contributed by atoms with Crippen molar-refractivity contribution in [2.24, 2.45) is 0 Å². The molecule has 0 amide bonds. The maximum Gasteiger partial charge on any atom is 0.348 e. The molecule has 0 aromatic carbocycles. The minimum absolute atomic E-state index is 0.274. The summed E-state index contributed by atoms with van der Waals surface area (Å²) in [5.74, 6) is -2.66. The lowest BCUT2D eigenvalue weighted by molar-refractivity contribution is -0.155. The van der Waals surface area contributed by atoms with Gasteiger partial charge in [0.15, 0.2) is 0 Å². The van der Waals surface area contributed by atoms with Crippen LogP contribution in [0.25, 0.3) is 0 Å². The Kier molecular flexibility index (Phi) is 3.91. The molecule has 1 aliphatic rings. The van der Waals surface area contributed by atoms with E-state index >= 15 is 0 Å². The van der Waals surface area contributed by atoms with Crippen LogP contribution < -0.4 is 14.2 Å². The first-order valence-corrected chi connectivity index (χ1v) is 6.10. The minimum atomic E-state index is -1.37. The van der Waals surface area contributed by atoms with Crippen molar-refractivity contribution in [3.8, 4) is 17.8 Å². The molecule has 0 atom stereocenters. The lowest BCUT2D eigenvalue weighted by atomic mass is 10.0. The van der Waals surface area contributed by atoms with E-state index in [1.165, 1.54) is 14.2 Å². The van der Waals surface area contributed by atoms with Crippen LogP contribution in [0.15, 0.2) is 0 Å². The number of nitrogens with zero attached hydrogens (tertiary/aromatic N) is 2. The molecule has 1 aliphatic carbocycles. The van der Waals surface area contributed by atoms with Crippen LogP contribution in [-0.4, -0.2) is 40.9 Å². The van der Waals surface area contributed by atoms with Crippen LogP contribution in [0.5, 0.6) is 17.8 Å². The molecule has 0 aliphatic heterocycles. The highest BCUT2D eigenvalue weighted by Gasteiger charge is 2.45. The summed E-state index contributed by atoms with van der Waals surface area (Å²) in [6.45, 7) is 0. The monoisotopic (exact) mass is 286 g/mol. The van der Waals surface area contributed by atoms with Crippen molar-refractivity contribution in [1.29, 1.82) is 0 Å². The maximum absolute atomic E-state index is 13.7. The van der Waals surface area contributed by atoms with Crippen LogP contribution >= 0.6 is 0 Å². The van der Waals surface area contributed by atoms with Gasteiger partial charge >= 0.3 is 12.0 Å². The molecule has 1 saturated carbocycles. The van der Waals surface area contributed by atoms with Gasteiger partial charge < -0.3 is 19.3 Å². The van der Waals surface area contributed by atoms with Gasteiger partial charge in [0, 0.05) is 0 Å². The second-order valence-corrected chi connectivity index (χ2v) is 4.45. The Morgan fingerprint density at radius 3 is 2.10 bits per heavy atom. The fourth-order valence-corrected chi connectivity index (χ4v) is 2.18. The Balaban J connectivity index is 2.35. The van der Waals surface area contributed by atoms with Crippen molar-refractivity contribution >= 4 is 5.97 Å². The van der Waals surface area contributed by atoms with Gasteiger partial charge in [-0.3, -0.25) is 0 Å². The molecule has 1 fully saturated rings. The van der Waals surface area contributed by atoms with E-state index in [2.05, 4.69) is 9.97 Å². The molecule has 2 rings (SSSR count). The number of ether oxygens (including phenoxy) is 3. The lowest BCUT2D eigenvalue weighted by Crippen LogP contribution is -2.42. The number of aliphatic carboxylic acids is 1. The molecular weight excluding hydrogens is 271 g/mol. The molecule has 0 bridgehead atoms. The van der Waals surface area contributed by atoms with Crippen LogP contribution in [0.2, 0.25) is 0 Å². The standard InChI is InChI=1S/C12H15FN2O5/c1-18-8-7(13)9(19-2)15-11(14-8)20-12(10(16)17)5-3-4-6-12/h3-6H2,1-2H3,(H,16,17). The molecule has 0 unspecified atom stereocenters. The van der Waals surface area contributed by atoms with Crippen molar-refractivity contribution in [3.63, 3.8) is 0 Å². The fraction of sp³-hybridized carbons (Fsp3) is 0.583. The summed E-state index contributed by atoms with van der Waals surface area (Å²) in [5.41, 5.74) is -1.37. The summed E-state index contributed by atoms with van der Waals surface area (Å²) in [4.78, 5) is 18.8. The largest absolute Gasteiger partial charge is 0.479 e. The van der Waals surface area contributed by atoms with Crippen molar-refractivity contribution < 1.29 is 28.5 Å². The van der Waals surface area contributed by atoms with Gasteiger partial charge in [-0.05, 0) is 25.7 Å². The van der Waals surface area contributed by atoms with E-state index < -0.39 is 17.4 Å². The second kappa shape index (κ2) is 5.48. The zero-order valence-corrected chi connectivity index (χ0v) is 11.2. The predicted molar refractivity (Wildman–Crippen MR) is 64.6 cm³/mol. The Bertz CT molecular complexity index is 492. The first-order valence-electron chi connectivity index (χ1n) is 6.10. The molecule has 1 aromatic heterocycles. The van der Waals surface area contributed by atoms with Gasteiger partial charge in [0.2, 0.25) is 11.4 Å². The number of rotatable bonds is 5. The number of hydrogen-bond donors (Lipinski definition) is 1. The summed E-state index contributed by atoms with van der Waals surface area (Å²) in [5, 5.41) is 9.32. The van der Waals surface area contributed by atoms with Crippen molar-refractivity contribution in [1.82, 2.24) is 9.97 Å². The minimum Gasteiger partial charge on any atom is -0.479 e. The van der Waals surface area contributed by atoms with Gasteiger partial charge in [-0.15, -0.1) is 0 Å². The third-order valence-corrected chi connectivity index (χ3v) is 3.24. The molecule has 0 saturated heterocycles. The van der Waals surface area contributed by atoms with E-state index in [-0.39, 0.29) is 17.8 Å². The zero-order chi connectivity index (χ0) is 14.8. The summed E-state index contributed by atoms with van der Waals surface area (Å²) in [6, 6.07) is -0.274. The van der Waals surface area contributed by atoms with Crippen LogP contribution in [0, 0.1) is 5.82 Å². The van der Waals surface area contributed by atoms with E-state index in [0.29, 0.717) is 12.8 Å². The third kappa shape index (κ3) is 2.45. The first-order chi connectivity index (χ1) is 9.52. The average Bonchev–Trinajstić information content (AvgIpc) is 2.90. The van der Waals surface area contributed by atoms with E-state index in [1.54, 1.807) is 0 Å². The number of carboxylic acid groups (broad SMARTS) is 1. The first kappa shape index (κ1) is 14.3. The predicted octanol–water partition coefficient (Wildman–Crippen LogP) is 1.41. The highest BCUT2D eigenvalue weighted by molar-refractivity contribution is 5.78. The summed E-state index contributed by atoms with van der Waals surface area (Å²) >= 11 is 0. The number of hydrogen-bond acceptors (Lipinski definition) is 6. The van der Waals surface area contributed by atoms with Crippen molar-refractivity contribution in [3.05, 3.63) is 5.82 Å². The molecule has 0 spiro atoms. The Morgan fingerprint density at radius 2 is 1.70 bits per heavy atom. The molecule has 0 radical (unpaired) electrons. The molecular formula is C12H15FN2O5. The van der Waals surface area contributed by atoms with Crippen LogP contribution in [0.1, 0.15) is 25.7 Å². The van der Waals surface area contributed by atoms with E-state index in [9.17, 15) is 14.3 Å². The molecule has 20 heavy (non-hydrogen) atoms. The molecule has 7 nitrogen and oxygen atoms in total. The Labute approximate surface area is 114 Å². The van der Waals surface area contributed by atoms with E-state index in [0.717, 1.165) is 12.8 Å². The van der Waals surface area contributed by atoms with Gasteiger partial charge in [-0.1, -0.05) is 0 Å². The van der Waals surface area contributed by atoms with Crippen LogP contribution in [0.3, 0.4) is 0 Å². The molecule has 1 aromatic rings. The normalized spacial score (nSPS) is 16.8. The molecule has 1 heterocycles. The average molecular weight is 286 g/mol. The molecule has 1 N–H and O–H groups in total. The van der Waals surface area contributed by atoms with Gasteiger partial charge in [0.1, 0.15) is 0 Å². The van der Waals surface area contributed by atoms with Gasteiger partial charge in [0.25, 0.3) is 11.8 Å². The number of methoxy groups -OCH3 is 2. The second-order valence-electron chi connectivity index (χ2n) is 4.45. The summed E-state index contributed by atoms with van der Waals surface area (Å²) in [6.07, 6.45) is 2.19. The van der Waals surface area contributed by atoms with E-state index in [4.69, 9.17) is 14.2 Å². The van der Waals surface area contributed by atoms with Gasteiger partial charge in [0.05, 0.1) is 14.2 Å². The zero-order valence-electron chi connectivity index (χ0n) is 11.2.